The smallest absolute Gasteiger partial charge is 0.332 e. The highest BCUT2D eigenvalue weighted by molar-refractivity contribution is 5.89. The molecule has 0 unspecified atom stereocenters. The van der Waals surface area contributed by atoms with Gasteiger partial charge in [-0.25, -0.2) is 4.79 Å². The summed E-state index contributed by atoms with van der Waals surface area (Å²) in [5.74, 6) is -1.95. The van der Waals surface area contributed by atoms with Crippen LogP contribution in [0.4, 0.5) is 0 Å². The molecule has 1 aromatic rings. The average Bonchev–Trinajstić information content (AvgIpc) is 3.14. The average molecular weight is 541 g/mol. The number of carbonyl (C=O) groups is 2. The maximum Gasteiger partial charge on any atom is 0.332 e. The molecule has 4 aliphatic rings. The van der Waals surface area contributed by atoms with E-state index in [9.17, 15) is 24.9 Å². The normalized spacial score (nSPS) is 46.5. The number of ether oxygens (including phenoxy) is 1. The molecule has 5 rings (SSSR count). The molecule has 8 nitrogen and oxygen atoms in total. The summed E-state index contributed by atoms with van der Waals surface area (Å²) >= 11 is 0. The number of carbonyl (C=O) groups excluding carboxylic acids is 1. The van der Waals surface area contributed by atoms with Gasteiger partial charge in [-0.2, -0.15) is 0 Å². The Morgan fingerprint density at radius 2 is 1.67 bits per heavy atom. The SMILES string of the molecule is CC(=O)O[C@H]1C[C@@]2(C)[C@@H](C[C@@H](O)[C@@H]3[C@]2(C)CC[C@@]2(N)[C@H](N)[C@H](O)CC[C@]32C)/C1=C(\Cc1ccccc1)C(=O)O. The Balaban J connectivity index is 1.65. The molecule has 4 aliphatic carbocycles. The minimum Gasteiger partial charge on any atom is -0.478 e. The van der Waals surface area contributed by atoms with E-state index in [1.165, 1.54) is 6.92 Å². The summed E-state index contributed by atoms with van der Waals surface area (Å²) in [5, 5.41) is 33.0. The van der Waals surface area contributed by atoms with Gasteiger partial charge in [-0.3, -0.25) is 4.79 Å². The first-order valence-electron chi connectivity index (χ1n) is 14.3. The molecule has 7 N–H and O–H groups in total. The summed E-state index contributed by atoms with van der Waals surface area (Å²) in [6, 6.07) is 8.86. The van der Waals surface area contributed by atoms with Gasteiger partial charge in [-0.15, -0.1) is 0 Å². The standard InChI is InChI=1S/C31H44N2O6/c1-17(34)39-23-16-30(4)20(24(23)19(27(37)38)14-18-8-6-5-7-9-18)15-22(36)25-28(30,2)12-13-31(33)26(32)21(35)10-11-29(25,31)3/h5-9,20-23,25-26,35-36H,10-16,32-33H2,1-4H3,(H,37,38)/b24-19-/t20-,21+,22+,23-,25+,26+,28-,29+,30-,31+/m0/s1. The second-order valence-electron chi connectivity index (χ2n) is 13.5. The Hall–Kier alpha value is -2.26. The van der Waals surface area contributed by atoms with E-state index in [0.717, 1.165) is 5.56 Å². The third-order valence-corrected chi connectivity index (χ3v) is 11.9. The molecule has 10 atom stereocenters. The van der Waals surface area contributed by atoms with Crippen molar-refractivity contribution < 1.29 is 29.6 Å². The summed E-state index contributed by atoms with van der Waals surface area (Å²) in [5.41, 5.74) is 13.2. The molecule has 0 aromatic heterocycles. The van der Waals surface area contributed by atoms with Gasteiger partial charge in [0.25, 0.3) is 0 Å². The lowest BCUT2D eigenvalue weighted by molar-refractivity contribution is -0.234. The highest BCUT2D eigenvalue weighted by atomic mass is 16.5. The number of aliphatic hydroxyl groups excluding tert-OH is 2. The van der Waals surface area contributed by atoms with E-state index >= 15 is 0 Å². The van der Waals surface area contributed by atoms with E-state index in [4.69, 9.17) is 16.2 Å². The zero-order valence-electron chi connectivity index (χ0n) is 23.5. The van der Waals surface area contributed by atoms with Crippen molar-refractivity contribution in [3.8, 4) is 0 Å². The third-order valence-electron chi connectivity index (χ3n) is 11.9. The van der Waals surface area contributed by atoms with E-state index in [1.54, 1.807) is 0 Å². The van der Waals surface area contributed by atoms with E-state index in [-0.39, 0.29) is 23.8 Å². The lowest BCUT2D eigenvalue weighted by atomic mass is 9.35. The predicted molar refractivity (Wildman–Crippen MR) is 146 cm³/mol. The number of aliphatic carboxylic acids is 1. The fraction of sp³-hybridized carbons (Fsp3) is 0.677. The molecular weight excluding hydrogens is 496 g/mol. The summed E-state index contributed by atoms with van der Waals surface area (Å²) in [6.45, 7) is 7.88. The van der Waals surface area contributed by atoms with Gasteiger partial charge in [-0.05, 0) is 77.7 Å². The molecule has 214 valence electrons. The minimum absolute atomic E-state index is 0.205. The molecule has 0 spiro atoms. The van der Waals surface area contributed by atoms with Gasteiger partial charge < -0.3 is 31.5 Å². The molecule has 0 heterocycles. The summed E-state index contributed by atoms with van der Waals surface area (Å²) < 4.78 is 5.87. The first-order chi connectivity index (χ1) is 18.2. The van der Waals surface area contributed by atoms with Crippen LogP contribution in [0.2, 0.25) is 0 Å². The Morgan fingerprint density at radius 1 is 1.00 bits per heavy atom. The van der Waals surface area contributed by atoms with E-state index in [1.807, 2.05) is 30.3 Å². The van der Waals surface area contributed by atoms with E-state index in [2.05, 4.69) is 20.8 Å². The minimum atomic E-state index is -1.03. The molecule has 0 saturated heterocycles. The fourth-order valence-corrected chi connectivity index (χ4v) is 9.71. The van der Waals surface area contributed by atoms with E-state index < -0.39 is 58.1 Å². The number of nitrogens with two attached hydrogens (primary N) is 2. The summed E-state index contributed by atoms with van der Waals surface area (Å²) in [6.07, 6.45) is 1.40. The van der Waals surface area contributed by atoms with Crippen LogP contribution < -0.4 is 11.5 Å². The monoisotopic (exact) mass is 540 g/mol. The first-order valence-corrected chi connectivity index (χ1v) is 14.3. The van der Waals surface area contributed by atoms with Gasteiger partial charge in [0.2, 0.25) is 0 Å². The number of carboxylic acid groups (broad SMARTS) is 1. The van der Waals surface area contributed by atoms with Crippen LogP contribution in [0.5, 0.6) is 0 Å². The van der Waals surface area contributed by atoms with Gasteiger partial charge in [0, 0.05) is 30.5 Å². The Kier molecular flexibility index (Phi) is 6.81. The van der Waals surface area contributed by atoms with Crippen LogP contribution in [0.25, 0.3) is 0 Å². The first kappa shape index (κ1) is 28.3. The Bertz CT molecular complexity index is 1190. The zero-order chi connectivity index (χ0) is 28.5. The van der Waals surface area contributed by atoms with Crippen molar-refractivity contribution in [1.29, 1.82) is 0 Å². The lowest BCUT2D eigenvalue weighted by Crippen LogP contribution is -2.78. The Labute approximate surface area is 230 Å². The highest BCUT2D eigenvalue weighted by Crippen LogP contribution is 2.74. The fourth-order valence-electron chi connectivity index (χ4n) is 9.71. The van der Waals surface area contributed by atoms with Crippen molar-refractivity contribution in [3.05, 3.63) is 47.0 Å². The number of rotatable bonds is 4. The number of carboxylic acids is 1. The zero-order valence-corrected chi connectivity index (χ0v) is 23.5. The van der Waals surface area contributed by atoms with Crippen LogP contribution in [0.15, 0.2) is 41.5 Å². The van der Waals surface area contributed by atoms with Crippen molar-refractivity contribution in [1.82, 2.24) is 0 Å². The van der Waals surface area contributed by atoms with Crippen molar-refractivity contribution in [3.63, 3.8) is 0 Å². The molecule has 0 aliphatic heterocycles. The number of aliphatic hydroxyl groups is 2. The lowest BCUT2D eigenvalue weighted by Gasteiger charge is -2.71. The third kappa shape index (κ3) is 3.93. The maximum absolute atomic E-state index is 12.8. The molecule has 0 amide bonds. The largest absolute Gasteiger partial charge is 0.478 e. The predicted octanol–water partition coefficient (Wildman–Crippen LogP) is 2.93. The maximum atomic E-state index is 12.8. The molecule has 1 aromatic carbocycles. The second-order valence-corrected chi connectivity index (χ2v) is 13.5. The van der Waals surface area contributed by atoms with Crippen LogP contribution in [0, 0.1) is 28.1 Å². The molecule has 8 heteroatoms. The molecular formula is C31H44N2O6. The number of esters is 1. The number of fused-ring (bicyclic) bond motifs is 5. The summed E-state index contributed by atoms with van der Waals surface area (Å²) in [7, 11) is 0. The van der Waals surface area contributed by atoms with Gasteiger partial charge in [0.1, 0.15) is 6.10 Å². The molecule has 0 bridgehead atoms. The van der Waals surface area contributed by atoms with Crippen LogP contribution >= 0.6 is 0 Å². The van der Waals surface area contributed by atoms with Gasteiger partial charge >= 0.3 is 11.9 Å². The molecule has 39 heavy (non-hydrogen) atoms. The van der Waals surface area contributed by atoms with E-state index in [0.29, 0.717) is 44.1 Å². The van der Waals surface area contributed by atoms with Crippen molar-refractivity contribution in [2.24, 2.45) is 39.5 Å². The second kappa shape index (κ2) is 9.40. The van der Waals surface area contributed by atoms with Crippen LogP contribution in [-0.4, -0.2) is 57.2 Å². The van der Waals surface area contributed by atoms with Crippen molar-refractivity contribution >= 4 is 11.9 Å². The van der Waals surface area contributed by atoms with Gasteiger partial charge in [0.05, 0.1) is 12.2 Å². The highest BCUT2D eigenvalue weighted by Gasteiger charge is 2.73. The summed E-state index contributed by atoms with van der Waals surface area (Å²) in [4.78, 5) is 25.1. The van der Waals surface area contributed by atoms with Crippen LogP contribution in [0.1, 0.15) is 71.8 Å². The Morgan fingerprint density at radius 3 is 2.28 bits per heavy atom. The number of hydrogen-bond donors (Lipinski definition) is 5. The van der Waals surface area contributed by atoms with Crippen LogP contribution in [0.3, 0.4) is 0 Å². The van der Waals surface area contributed by atoms with Crippen molar-refractivity contribution in [2.75, 3.05) is 0 Å². The van der Waals surface area contributed by atoms with Gasteiger partial charge in [-0.1, -0.05) is 51.1 Å². The van der Waals surface area contributed by atoms with Gasteiger partial charge in [0.15, 0.2) is 0 Å². The molecule has 4 saturated carbocycles. The molecule has 4 fully saturated rings. The number of hydrogen-bond acceptors (Lipinski definition) is 7. The van der Waals surface area contributed by atoms with Crippen LogP contribution in [-0.2, 0) is 20.7 Å². The molecule has 0 radical (unpaired) electrons. The topological polar surface area (TPSA) is 156 Å². The quantitative estimate of drug-likeness (QED) is 0.288. The van der Waals surface area contributed by atoms with Crippen molar-refractivity contribution in [2.45, 2.75) is 103 Å². The number of benzene rings is 1.